The third kappa shape index (κ3) is 6.61. The van der Waals surface area contributed by atoms with Crippen LogP contribution < -0.4 is 19.7 Å². The smallest absolute Gasteiger partial charge is 0.262 e. The number of rotatable bonds is 9. The van der Waals surface area contributed by atoms with Gasteiger partial charge in [-0.15, -0.1) is 0 Å². The van der Waals surface area contributed by atoms with Crippen LogP contribution in [0.15, 0.2) is 77.7 Å². The summed E-state index contributed by atoms with van der Waals surface area (Å²) in [5, 5.41) is 2.81. The summed E-state index contributed by atoms with van der Waals surface area (Å²) in [7, 11) is -3.90. The molecule has 0 radical (unpaired) electrons. The summed E-state index contributed by atoms with van der Waals surface area (Å²) in [6.45, 7) is 6.14. The second-order valence-corrected chi connectivity index (χ2v) is 11.7. The lowest BCUT2D eigenvalue weighted by atomic mass is 9.88. The molecule has 0 aromatic heterocycles. The molecule has 39 heavy (non-hydrogen) atoms. The van der Waals surface area contributed by atoms with Crippen LogP contribution in [0.5, 0.6) is 5.75 Å². The van der Waals surface area contributed by atoms with Crippen LogP contribution in [0.1, 0.15) is 36.9 Å². The summed E-state index contributed by atoms with van der Waals surface area (Å²) in [6.07, 6.45) is 2.62. The number of amides is 1. The Balaban J connectivity index is 1.39. The van der Waals surface area contributed by atoms with Gasteiger partial charge in [0.2, 0.25) is 10.0 Å². The van der Waals surface area contributed by atoms with Crippen LogP contribution in [0, 0.1) is 0 Å². The number of piperazine rings is 1. The van der Waals surface area contributed by atoms with E-state index in [1.807, 2.05) is 36.4 Å². The van der Waals surface area contributed by atoms with E-state index in [1.165, 1.54) is 5.56 Å². The molecule has 3 aromatic rings. The van der Waals surface area contributed by atoms with Gasteiger partial charge in [0.1, 0.15) is 10.6 Å². The number of fused-ring (bicyclic) bond motifs is 1. The summed E-state index contributed by atoms with van der Waals surface area (Å²) >= 11 is 0. The Hall–Kier alpha value is -3.40. The molecular weight excluding hydrogens is 512 g/mol. The van der Waals surface area contributed by atoms with E-state index in [1.54, 1.807) is 30.3 Å². The van der Waals surface area contributed by atoms with Crippen molar-refractivity contribution >= 4 is 27.3 Å². The predicted octanol–water partition coefficient (Wildman–Crippen LogP) is 4.20. The molecule has 206 valence electrons. The number of sulfonamides is 1. The fourth-order valence-electron chi connectivity index (χ4n) is 5.36. The number of nitrogens with one attached hydrogen (secondary N) is 2. The lowest BCUT2D eigenvalue weighted by Gasteiger charge is -2.36. The maximum Gasteiger partial charge on any atom is 0.262 e. The first-order chi connectivity index (χ1) is 18.9. The van der Waals surface area contributed by atoms with Crippen LogP contribution in [-0.2, 0) is 21.2 Å². The maximum atomic E-state index is 14.0. The summed E-state index contributed by atoms with van der Waals surface area (Å²) in [4.78, 5) is 17.3. The van der Waals surface area contributed by atoms with Crippen molar-refractivity contribution in [1.82, 2.24) is 9.62 Å². The highest BCUT2D eigenvalue weighted by Crippen LogP contribution is 2.34. The standard InChI is InChI=1S/C30H36N4O4S/c1-2-33-17-19-34(20-18-33)28-16-15-24(31-30(35)22-38-25-11-4-3-5-12-25)21-29(28)39(36,37)32-27-14-8-10-23-9-6-7-13-26(23)27/h3-7,9,11-13,15-16,21,27,32H,2,8,10,14,17-20,22H2,1H3,(H,31,35). The van der Waals surface area contributed by atoms with Crippen molar-refractivity contribution in [2.75, 3.05) is 49.5 Å². The number of carbonyl (C=O) groups excluding carboxylic acids is 1. The normalized spacial score (nSPS) is 17.9. The van der Waals surface area contributed by atoms with Crippen molar-refractivity contribution in [3.05, 3.63) is 83.9 Å². The van der Waals surface area contributed by atoms with Gasteiger partial charge >= 0.3 is 0 Å². The molecule has 1 aliphatic carbocycles. The number of ether oxygens (including phenoxy) is 1. The number of hydrogen-bond acceptors (Lipinski definition) is 6. The molecule has 1 heterocycles. The number of aryl methyl sites for hydroxylation is 1. The molecule has 1 atom stereocenters. The van der Waals surface area contributed by atoms with Crippen molar-refractivity contribution in [2.24, 2.45) is 0 Å². The van der Waals surface area contributed by atoms with E-state index in [0.717, 1.165) is 57.5 Å². The number of likely N-dealkylation sites (N-methyl/N-ethyl adjacent to an activating group) is 1. The van der Waals surface area contributed by atoms with Gasteiger partial charge in [0.05, 0.1) is 5.69 Å². The number of anilines is 2. The molecule has 5 rings (SSSR count). The summed E-state index contributed by atoms with van der Waals surface area (Å²) in [5.41, 5.74) is 3.29. The van der Waals surface area contributed by atoms with E-state index in [2.05, 4.69) is 32.8 Å². The van der Waals surface area contributed by atoms with Crippen molar-refractivity contribution in [2.45, 2.75) is 37.1 Å². The quantitative estimate of drug-likeness (QED) is 0.417. The zero-order valence-corrected chi connectivity index (χ0v) is 23.1. The van der Waals surface area contributed by atoms with E-state index >= 15 is 0 Å². The zero-order valence-electron chi connectivity index (χ0n) is 22.3. The van der Waals surface area contributed by atoms with Crippen molar-refractivity contribution in [3.63, 3.8) is 0 Å². The minimum absolute atomic E-state index is 0.177. The second-order valence-electron chi connectivity index (χ2n) is 10.0. The second kappa shape index (κ2) is 12.2. The maximum absolute atomic E-state index is 14.0. The molecule has 1 aliphatic heterocycles. The van der Waals surface area contributed by atoms with E-state index in [-0.39, 0.29) is 23.5 Å². The van der Waals surface area contributed by atoms with Crippen LogP contribution in [-0.4, -0.2) is 58.6 Å². The molecule has 1 unspecified atom stereocenters. The molecule has 0 bridgehead atoms. The predicted molar refractivity (Wildman–Crippen MR) is 154 cm³/mol. The Bertz CT molecular complexity index is 1390. The monoisotopic (exact) mass is 548 g/mol. The Morgan fingerprint density at radius 3 is 2.49 bits per heavy atom. The van der Waals surface area contributed by atoms with Crippen LogP contribution >= 0.6 is 0 Å². The molecular formula is C30H36N4O4S. The molecule has 0 spiro atoms. The molecule has 1 saturated heterocycles. The summed E-state index contributed by atoms with van der Waals surface area (Å²) in [5.74, 6) is 0.232. The van der Waals surface area contributed by atoms with Gasteiger partial charge in [0.15, 0.2) is 6.61 Å². The summed E-state index contributed by atoms with van der Waals surface area (Å²) in [6, 6.07) is 22.0. The van der Waals surface area contributed by atoms with Crippen LogP contribution in [0.4, 0.5) is 11.4 Å². The van der Waals surface area contributed by atoms with Gasteiger partial charge in [-0.3, -0.25) is 4.79 Å². The molecule has 0 saturated carbocycles. The number of nitrogens with zero attached hydrogens (tertiary/aromatic N) is 2. The van der Waals surface area contributed by atoms with E-state index in [4.69, 9.17) is 4.74 Å². The minimum atomic E-state index is -3.90. The third-order valence-electron chi connectivity index (χ3n) is 7.47. The average Bonchev–Trinajstić information content (AvgIpc) is 2.97. The van der Waals surface area contributed by atoms with Gasteiger partial charge in [0.25, 0.3) is 5.91 Å². The summed E-state index contributed by atoms with van der Waals surface area (Å²) < 4.78 is 36.5. The Kier molecular flexibility index (Phi) is 8.50. The number of carbonyl (C=O) groups is 1. The number of benzene rings is 3. The van der Waals surface area contributed by atoms with Crippen molar-refractivity contribution in [1.29, 1.82) is 0 Å². The number of hydrogen-bond donors (Lipinski definition) is 2. The van der Waals surface area contributed by atoms with Gasteiger partial charge in [-0.05, 0) is 67.3 Å². The Morgan fingerprint density at radius 2 is 1.72 bits per heavy atom. The first-order valence-corrected chi connectivity index (χ1v) is 15.1. The van der Waals surface area contributed by atoms with E-state index < -0.39 is 10.0 Å². The van der Waals surface area contributed by atoms with E-state index in [9.17, 15) is 13.2 Å². The highest BCUT2D eigenvalue weighted by molar-refractivity contribution is 7.89. The fourth-order valence-corrected chi connectivity index (χ4v) is 6.86. The SMILES string of the molecule is CCN1CCN(c2ccc(NC(=O)COc3ccccc3)cc2S(=O)(=O)NC2CCCc3ccccc32)CC1. The molecule has 1 amide bonds. The van der Waals surface area contributed by atoms with Crippen molar-refractivity contribution in [3.8, 4) is 5.75 Å². The Morgan fingerprint density at radius 1 is 0.974 bits per heavy atom. The molecule has 8 nitrogen and oxygen atoms in total. The van der Waals surface area contributed by atoms with Gasteiger partial charge in [-0.2, -0.15) is 0 Å². The largest absolute Gasteiger partial charge is 0.484 e. The fraction of sp³-hybridized carbons (Fsp3) is 0.367. The Labute approximate surface area is 231 Å². The van der Waals surface area contributed by atoms with Gasteiger partial charge in [-0.25, -0.2) is 13.1 Å². The molecule has 3 aromatic carbocycles. The van der Waals surface area contributed by atoms with Crippen LogP contribution in [0.3, 0.4) is 0 Å². The minimum Gasteiger partial charge on any atom is -0.484 e. The third-order valence-corrected chi connectivity index (χ3v) is 8.97. The lowest BCUT2D eigenvalue weighted by molar-refractivity contribution is -0.118. The molecule has 9 heteroatoms. The number of para-hydroxylation sites is 1. The van der Waals surface area contributed by atoms with Crippen molar-refractivity contribution < 1.29 is 17.9 Å². The molecule has 2 aliphatic rings. The van der Waals surface area contributed by atoms with Crippen LogP contribution in [0.25, 0.3) is 0 Å². The van der Waals surface area contributed by atoms with Gasteiger partial charge < -0.3 is 19.9 Å². The highest BCUT2D eigenvalue weighted by atomic mass is 32.2. The van der Waals surface area contributed by atoms with E-state index in [0.29, 0.717) is 17.1 Å². The average molecular weight is 549 g/mol. The molecule has 2 N–H and O–H groups in total. The topological polar surface area (TPSA) is 91.0 Å². The first-order valence-electron chi connectivity index (χ1n) is 13.6. The first kappa shape index (κ1) is 27.2. The van der Waals surface area contributed by atoms with Gasteiger partial charge in [-0.1, -0.05) is 49.4 Å². The van der Waals surface area contributed by atoms with Crippen LogP contribution in [0.2, 0.25) is 0 Å². The highest BCUT2D eigenvalue weighted by Gasteiger charge is 2.30. The molecule has 1 fully saturated rings. The van der Waals surface area contributed by atoms with Gasteiger partial charge in [0, 0.05) is 37.9 Å². The zero-order chi connectivity index (χ0) is 27.2. The lowest BCUT2D eigenvalue weighted by Crippen LogP contribution is -2.46.